The van der Waals surface area contributed by atoms with Crippen LogP contribution in [0, 0.1) is 5.92 Å². The Balaban J connectivity index is 1.74. The largest absolute Gasteiger partial charge is 0.496 e. The maximum Gasteiger partial charge on any atom is 0.274 e. The molecule has 10 heteroatoms. The molecule has 3 aromatic rings. The van der Waals surface area contributed by atoms with Gasteiger partial charge in [0.25, 0.3) is 5.91 Å². The quantitative estimate of drug-likeness (QED) is 0.477. The van der Waals surface area contributed by atoms with Gasteiger partial charge in [0.2, 0.25) is 5.91 Å². The van der Waals surface area contributed by atoms with Crippen molar-refractivity contribution in [3.8, 4) is 28.4 Å². The summed E-state index contributed by atoms with van der Waals surface area (Å²) in [6.07, 6.45) is 0.654. The van der Waals surface area contributed by atoms with Crippen LogP contribution in [-0.2, 0) is 11.4 Å². The van der Waals surface area contributed by atoms with E-state index in [1.807, 2.05) is 32.9 Å². The zero-order valence-corrected chi connectivity index (χ0v) is 22.8. The molecule has 1 aromatic heterocycles. The molecule has 2 aromatic carbocycles. The normalized spacial score (nSPS) is 17.9. The number of ether oxygens (including phenoxy) is 2. The van der Waals surface area contributed by atoms with E-state index in [0.717, 1.165) is 11.1 Å². The van der Waals surface area contributed by atoms with Gasteiger partial charge >= 0.3 is 0 Å². The van der Waals surface area contributed by atoms with E-state index in [9.17, 15) is 9.59 Å². The Morgan fingerprint density at radius 3 is 2.41 bits per heavy atom. The van der Waals surface area contributed by atoms with Crippen molar-refractivity contribution in [1.29, 1.82) is 0 Å². The van der Waals surface area contributed by atoms with Gasteiger partial charge in [-0.05, 0) is 62.9 Å². The zero-order chi connectivity index (χ0) is 26.8. The van der Waals surface area contributed by atoms with Gasteiger partial charge in [0.05, 0.1) is 18.5 Å². The van der Waals surface area contributed by atoms with Crippen LogP contribution in [0.5, 0.6) is 11.5 Å². The number of fused-ring (bicyclic) bond motifs is 3. The predicted molar refractivity (Wildman–Crippen MR) is 142 cm³/mol. The summed E-state index contributed by atoms with van der Waals surface area (Å²) in [4.78, 5) is 27.1. The Bertz CT molecular complexity index is 1420. The number of amides is 2. The number of hydrogen-bond acceptors (Lipinski definition) is 5. The number of nitrogens with zero attached hydrogens (tertiary/aromatic N) is 3. The fraction of sp³-hybridized carbons (Fsp3) is 0.370. The van der Waals surface area contributed by atoms with E-state index in [1.54, 1.807) is 41.9 Å². The molecule has 194 valence electrons. The topological polar surface area (TPSA) is 99.7 Å². The summed E-state index contributed by atoms with van der Waals surface area (Å²) in [5.41, 5.74) is 8.99. The van der Waals surface area contributed by atoms with Gasteiger partial charge < -0.3 is 20.1 Å². The first-order chi connectivity index (χ1) is 17.4. The number of rotatable bonds is 5. The van der Waals surface area contributed by atoms with E-state index in [-0.39, 0.29) is 36.0 Å². The van der Waals surface area contributed by atoms with E-state index < -0.39 is 5.54 Å². The van der Waals surface area contributed by atoms with Crippen molar-refractivity contribution in [3.63, 3.8) is 0 Å². The summed E-state index contributed by atoms with van der Waals surface area (Å²) in [5.74, 6) is 0.350. The molecule has 5 rings (SSSR count). The van der Waals surface area contributed by atoms with Crippen LogP contribution in [0.4, 0.5) is 0 Å². The molecule has 2 unspecified atom stereocenters. The van der Waals surface area contributed by atoms with E-state index in [4.69, 9.17) is 43.5 Å². The van der Waals surface area contributed by atoms with Crippen LogP contribution < -0.4 is 15.2 Å². The number of benzene rings is 2. The number of primary amides is 1. The third kappa shape index (κ3) is 4.42. The number of nitrogens with two attached hydrogens (primary N) is 1. The molecule has 1 saturated carbocycles. The van der Waals surface area contributed by atoms with Crippen molar-refractivity contribution in [2.24, 2.45) is 11.7 Å². The Morgan fingerprint density at radius 2 is 1.84 bits per heavy atom. The van der Waals surface area contributed by atoms with Gasteiger partial charge in [0.15, 0.2) is 5.69 Å². The Morgan fingerprint density at radius 1 is 1.16 bits per heavy atom. The summed E-state index contributed by atoms with van der Waals surface area (Å²) < 4.78 is 13.5. The van der Waals surface area contributed by atoms with Crippen LogP contribution in [0.3, 0.4) is 0 Å². The van der Waals surface area contributed by atoms with Crippen LogP contribution in [0.15, 0.2) is 30.3 Å². The number of hydrogen-bond donors (Lipinski definition) is 1. The van der Waals surface area contributed by atoms with Crippen molar-refractivity contribution in [2.45, 2.75) is 45.3 Å². The second kappa shape index (κ2) is 8.96. The number of carbonyl (C=O) groups is 2. The molecule has 0 radical (unpaired) electrons. The summed E-state index contributed by atoms with van der Waals surface area (Å²) in [6, 6.07) is 8.89. The molecule has 0 saturated heterocycles. The summed E-state index contributed by atoms with van der Waals surface area (Å²) in [6.45, 7) is 6.02. The highest BCUT2D eigenvalue weighted by Crippen LogP contribution is 2.53. The molecule has 0 bridgehead atoms. The Kier molecular flexibility index (Phi) is 6.15. The smallest absolute Gasteiger partial charge is 0.274 e. The van der Waals surface area contributed by atoms with E-state index in [1.165, 1.54) is 0 Å². The maximum absolute atomic E-state index is 13.6. The summed E-state index contributed by atoms with van der Waals surface area (Å²) in [5, 5.41) is 5.66. The third-order valence-corrected chi connectivity index (χ3v) is 7.54. The third-order valence-electron chi connectivity index (χ3n) is 7.10. The minimum atomic E-state index is -0.420. The van der Waals surface area contributed by atoms with Crippen LogP contribution >= 0.6 is 23.2 Å². The molecular weight excluding hydrogens is 515 g/mol. The van der Waals surface area contributed by atoms with Crippen molar-refractivity contribution in [2.75, 3.05) is 14.2 Å². The fourth-order valence-electron chi connectivity index (χ4n) is 4.70. The van der Waals surface area contributed by atoms with Crippen LogP contribution in [0.2, 0.25) is 10.0 Å². The van der Waals surface area contributed by atoms with Gasteiger partial charge in [-0.1, -0.05) is 23.2 Å². The molecule has 8 nitrogen and oxygen atoms in total. The van der Waals surface area contributed by atoms with Crippen molar-refractivity contribution < 1.29 is 19.1 Å². The highest BCUT2D eigenvalue weighted by molar-refractivity contribution is 6.34. The molecular formula is C27H28Cl2N4O4. The van der Waals surface area contributed by atoms with Crippen molar-refractivity contribution in [1.82, 2.24) is 14.7 Å². The molecule has 0 spiro atoms. The second-order valence-corrected chi connectivity index (χ2v) is 11.4. The summed E-state index contributed by atoms with van der Waals surface area (Å²) >= 11 is 12.7. The van der Waals surface area contributed by atoms with Gasteiger partial charge in [0, 0.05) is 45.7 Å². The standard InChI is InChI=1S/C27H28Cl2N4O4/c1-27(2,3)32(4)26(35)23-20-12-37-22-11-21(36-5)17(16-9-18(16)25(30)34)10-19(22)24(20)33(31-23)15-7-13(28)6-14(29)8-15/h6-8,10-11,16,18H,9,12H2,1-5H3,(H2,30,34). The highest BCUT2D eigenvalue weighted by atomic mass is 35.5. The van der Waals surface area contributed by atoms with Crippen molar-refractivity contribution >= 4 is 35.0 Å². The zero-order valence-electron chi connectivity index (χ0n) is 21.3. The van der Waals surface area contributed by atoms with E-state index >= 15 is 0 Å². The number of methoxy groups -OCH3 is 1. The Hall–Kier alpha value is -3.23. The first-order valence-corrected chi connectivity index (χ1v) is 12.7. The first kappa shape index (κ1) is 25.4. The Labute approximate surface area is 225 Å². The average molecular weight is 543 g/mol. The lowest BCUT2D eigenvalue weighted by Gasteiger charge is -2.31. The number of carbonyl (C=O) groups excluding carboxylic acids is 2. The van der Waals surface area contributed by atoms with E-state index in [0.29, 0.717) is 44.9 Å². The van der Waals surface area contributed by atoms with Crippen molar-refractivity contribution in [3.05, 3.63) is 57.2 Å². The van der Waals surface area contributed by atoms with Gasteiger partial charge in [-0.15, -0.1) is 0 Å². The fourth-order valence-corrected chi connectivity index (χ4v) is 5.21. The molecule has 2 N–H and O–H groups in total. The maximum atomic E-state index is 13.6. The highest BCUT2D eigenvalue weighted by Gasteiger charge is 2.45. The van der Waals surface area contributed by atoms with Crippen LogP contribution in [0.25, 0.3) is 16.9 Å². The number of aromatic nitrogens is 2. The molecule has 2 atom stereocenters. The van der Waals surface area contributed by atoms with Gasteiger partial charge in [-0.2, -0.15) is 5.10 Å². The molecule has 2 heterocycles. The lowest BCUT2D eigenvalue weighted by molar-refractivity contribution is -0.119. The monoisotopic (exact) mass is 542 g/mol. The molecule has 37 heavy (non-hydrogen) atoms. The number of halogens is 2. The average Bonchev–Trinajstić information content (AvgIpc) is 3.54. The van der Waals surface area contributed by atoms with E-state index in [2.05, 4.69) is 0 Å². The molecule has 1 aliphatic carbocycles. The first-order valence-electron chi connectivity index (χ1n) is 11.9. The molecule has 1 aliphatic heterocycles. The van der Waals surface area contributed by atoms with Gasteiger partial charge in [-0.3, -0.25) is 9.59 Å². The minimum Gasteiger partial charge on any atom is -0.496 e. The van der Waals surface area contributed by atoms with Crippen LogP contribution in [0.1, 0.15) is 54.7 Å². The molecule has 2 amide bonds. The molecule has 2 aliphatic rings. The van der Waals surface area contributed by atoms with Gasteiger partial charge in [0.1, 0.15) is 18.1 Å². The second-order valence-electron chi connectivity index (χ2n) is 10.5. The predicted octanol–water partition coefficient (Wildman–Crippen LogP) is 5.21. The lowest BCUT2D eigenvalue weighted by Crippen LogP contribution is -2.43. The summed E-state index contributed by atoms with van der Waals surface area (Å²) in [7, 11) is 3.33. The lowest BCUT2D eigenvalue weighted by atomic mass is 9.96. The van der Waals surface area contributed by atoms with Crippen LogP contribution in [-0.4, -0.2) is 46.2 Å². The van der Waals surface area contributed by atoms with Gasteiger partial charge in [-0.25, -0.2) is 4.68 Å². The SMILES string of the molecule is COc1cc2c(cc1C1CC1C(N)=O)-c1c(c(C(=O)N(C)C(C)(C)C)nn1-c1cc(Cl)cc(Cl)c1)CO2. The molecule has 1 fully saturated rings. The minimum absolute atomic E-state index is 0.0479.